The number of anilines is 1. The second kappa shape index (κ2) is 8.35. The highest BCUT2D eigenvalue weighted by Gasteiger charge is 2.34. The van der Waals surface area contributed by atoms with Gasteiger partial charge in [0.25, 0.3) is 11.8 Å². The van der Waals surface area contributed by atoms with Crippen molar-refractivity contribution in [2.45, 2.75) is 19.8 Å². The van der Waals surface area contributed by atoms with Crippen LogP contribution in [0, 0.1) is 6.92 Å². The third-order valence-corrected chi connectivity index (χ3v) is 5.64. The number of carbonyl (C=O) groups is 3. The van der Waals surface area contributed by atoms with Gasteiger partial charge in [0.1, 0.15) is 5.52 Å². The topological polar surface area (TPSA) is 92.5 Å². The highest BCUT2D eigenvalue weighted by molar-refractivity contribution is 6.21. The molecule has 1 aliphatic heterocycles. The predicted molar refractivity (Wildman–Crippen MR) is 124 cm³/mol. The first-order valence-corrected chi connectivity index (χ1v) is 10.7. The normalized spacial score (nSPS) is 12.9. The molecule has 0 bridgehead atoms. The Morgan fingerprint density at radius 3 is 2.33 bits per heavy atom. The molecule has 164 valence electrons. The maximum Gasteiger partial charge on any atom is 0.261 e. The number of nitrogens with zero attached hydrogens (tertiary/aromatic N) is 2. The molecule has 0 radical (unpaired) electrons. The van der Waals surface area contributed by atoms with Crippen LogP contribution in [0.2, 0.25) is 0 Å². The van der Waals surface area contributed by atoms with E-state index in [9.17, 15) is 14.4 Å². The second-order valence-corrected chi connectivity index (χ2v) is 8.00. The van der Waals surface area contributed by atoms with Gasteiger partial charge in [-0.15, -0.1) is 0 Å². The number of oxazole rings is 1. The van der Waals surface area contributed by atoms with E-state index in [0.29, 0.717) is 40.3 Å². The molecule has 4 aromatic rings. The zero-order valence-corrected chi connectivity index (χ0v) is 18.0. The molecule has 7 heteroatoms. The van der Waals surface area contributed by atoms with Gasteiger partial charge in [-0.05, 0) is 55.3 Å². The Morgan fingerprint density at radius 2 is 1.61 bits per heavy atom. The van der Waals surface area contributed by atoms with Gasteiger partial charge in [0, 0.05) is 13.0 Å². The van der Waals surface area contributed by atoms with Crippen LogP contribution in [0.4, 0.5) is 5.69 Å². The first-order chi connectivity index (χ1) is 16.0. The smallest absolute Gasteiger partial charge is 0.261 e. The average molecular weight is 439 g/mol. The van der Waals surface area contributed by atoms with Crippen molar-refractivity contribution in [1.82, 2.24) is 9.88 Å². The summed E-state index contributed by atoms with van der Waals surface area (Å²) >= 11 is 0. The number of aryl methyl sites for hydroxylation is 1. The summed E-state index contributed by atoms with van der Waals surface area (Å²) < 4.78 is 5.89. The number of amides is 3. The minimum Gasteiger partial charge on any atom is -0.436 e. The SMILES string of the molecule is Cc1ccc2oc(-c3ccccc3NC(=O)CCCN3C(=O)c4ccccc4C3=O)nc2c1. The zero-order valence-electron chi connectivity index (χ0n) is 18.0. The summed E-state index contributed by atoms with van der Waals surface area (Å²) in [7, 11) is 0. The molecular weight excluding hydrogens is 418 g/mol. The van der Waals surface area contributed by atoms with Gasteiger partial charge in [-0.2, -0.15) is 0 Å². The van der Waals surface area contributed by atoms with Crippen molar-refractivity contribution in [3.63, 3.8) is 0 Å². The van der Waals surface area contributed by atoms with E-state index in [1.807, 2.05) is 43.3 Å². The van der Waals surface area contributed by atoms with Gasteiger partial charge in [0.15, 0.2) is 5.58 Å². The molecule has 3 aromatic carbocycles. The van der Waals surface area contributed by atoms with E-state index in [1.165, 1.54) is 4.90 Å². The molecule has 0 saturated carbocycles. The number of para-hydroxylation sites is 1. The van der Waals surface area contributed by atoms with E-state index < -0.39 is 0 Å². The van der Waals surface area contributed by atoms with E-state index in [1.54, 1.807) is 30.3 Å². The van der Waals surface area contributed by atoms with Gasteiger partial charge >= 0.3 is 0 Å². The summed E-state index contributed by atoms with van der Waals surface area (Å²) in [5, 5.41) is 2.90. The second-order valence-electron chi connectivity index (χ2n) is 8.00. The molecule has 3 amide bonds. The van der Waals surface area contributed by atoms with Crippen LogP contribution in [0.5, 0.6) is 0 Å². The lowest BCUT2D eigenvalue weighted by Gasteiger charge is -2.14. The van der Waals surface area contributed by atoms with Crippen molar-refractivity contribution in [2.24, 2.45) is 0 Å². The van der Waals surface area contributed by atoms with Crippen molar-refractivity contribution in [3.8, 4) is 11.5 Å². The summed E-state index contributed by atoms with van der Waals surface area (Å²) in [6.45, 7) is 2.18. The largest absolute Gasteiger partial charge is 0.436 e. The van der Waals surface area contributed by atoms with Gasteiger partial charge < -0.3 is 9.73 Å². The van der Waals surface area contributed by atoms with E-state index in [-0.39, 0.29) is 30.7 Å². The molecule has 0 aliphatic carbocycles. The highest BCUT2D eigenvalue weighted by atomic mass is 16.3. The number of rotatable bonds is 6. The van der Waals surface area contributed by atoms with Gasteiger partial charge in [-0.3, -0.25) is 19.3 Å². The fourth-order valence-corrected chi connectivity index (χ4v) is 3.98. The molecule has 1 aliphatic rings. The molecule has 0 spiro atoms. The van der Waals surface area contributed by atoms with Crippen LogP contribution in [-0.2, 0) is 4.79 Å². The van der Waals surface area contributed by atoms with Gasteiger partial charge in [0.05, 0.1) is 22.4 Å². The Morgan fingerprint density at radius 1 is 0.939 bits per heavy atom. The minimum atomic E-state index is -0.312. The third kappa shape index (κ3) is 3.89. The zero-order chi connectivity index (χ0) is 22.9. The molecule has 0 fully saturated rings. The minimum absolute atomic E-state index is 0.161. The van der Waals surface area contributed by atoms with Crippen LogP contribution in [0.3, 0.4) is 0 Å². The van der Waals surface area contributed by atoms with Crippen LogP contribution >= 0.6 is 0 Å². The Balaban J connectivity index is 1.25. The van der Waals surface area contributed by atoms with E-state index in [2.05, 4.69) is 10.3 Å². The lowest BCUT2D eigenvalue weighted by molar-refractivity contribution is -0.116. The Labute approximate surface area is 190 Å². The molecule has 7 nitrogen and oxygen atoms in total. The van der Waals surface area contributed by atoms with Crippen molar-refractivity contribution in [2.75, 3.05) is 11.9 Å². The molecular formula is C26H21N3O4. The summed E-state index contributed by atoms with van der Waals surface area (Å²) in [5.74, 6) is -0.413. The third-order valence-electron chi connectivity index (χ3n) is 5.64. The van der Waals surface area contributed by atoms with Gasteiger partial charge in [-0.1, -0.05) is 30.3 Å². The molecule has 1 N–H and O–H groups in total. The first kappa shape index (κ1) is 20.6. The Hall–Kier alpha value is -4.26. The van der Waals surface area contributed by atoms with Crippen LogP contribution in [-0.4, -0.2) is 34.2 Å². The van der Waals surface area contributed by atoms with Crippen LogP contribution in [0.25, 0.3) is 22.6 Å². The van der Waals surface area contributed by atoms with Gasteiger partial charge in [-0.25, -0.2) is 4.98 Å². The molecule has 5 rings (SSSR count). The maximum absolute atomic E-state index is 12.6. The van der Waals surface area contributed by atoms with Crippen molar-refractivity contribution in [3.05, 3.63) is 83.4 Å². The van der Waals surface area contributed by atoms with E-state index >= 15 is 0 Å². The van der Waals surface area contributed by atoms with E-state index in [4.69, 9.17) is 4.42 Å². The van der Waals surface area contributed by atoms with Crippen LogP contribution in [0.15, 0.2) is 71.1 Å². The summed E-state index contributed by atoms with van der Waals surface area (Å²) in [6, 6.07) is 19.8. The van der Waals surface area contributed by atoms with Gasteiger partial charge in [0.2, 0.25) is 11.8 Å². The number of hydrogen-bond donors (Lipinski definition) is 1. The monoisotopic (exact) mass is 439 g/mol. The quantitative estimate of drug-likeness (QED) is 0.435. The molecule has 2 heterocycles. The summed E-state index contributed by atoms with van der Waals surface area (Å²) in [5.41, 5.74) is 4.61. The molecule has 0 atom stereocenters. The Kier molecular flexibility index (Phi) is 5.22. The predicted octanol–water partition coefficient (Wildman–Crippen LogP) is 4.82. The average Bonchev–Trinajstić information content (AvgIpc) is 3.34. The van der Waals surface area contributed by atoms with Crippen molar-refractivity contribution in [1.29, 1.82) is 0 Å². The maximum atomic E-state index is 12.6. The van der Waals surface area contributed by atoms with Crippen molar-refractivity contribution >= 4 is 34.5 Å². The molecule has 0 unspecified atom stereocenters. The summed E-state index contributed by atoms with van der Waals surface area (Å²) in [6.07, 6.45) is 0.524. The van der Waals surface area contributed by atoms with Crippen LogP contribution in [0.1, 0.15) is 39.1 Å². The number of hydrogen-bond acceptors (Lipinski definition) is 5. The molecule has 1 aromatic heterocycles. The van der Waals surface area contributed by atoms with Crippen LogP contribution < -0.4 is 5.32 Å². The van der Waals surface area contributed by atoms with Crippen molar-refractivity contribution < 1.29 is 18.8 Å². The first-order valence-electron chi connectivity index (χ1n) is 10.7. The number of aromatic nitrogens is 1. The number of fused-ring (bicyclic) bond motifs is 2. The number of benzene rings is 3. The lowest BCUT2D eigenvalue weighted by Crippen LogP contribution is -2.31. The summed E-state index contributed by atoms with van der Waals surface area (Å²) in [4.78, 5) is 43.3. The number of imide groups is 1. The molecule has 0 saturated heterocycles. The highest BCUT2D eigenvalue weighted by Crippen LogP contribution is 2.30. The lowest BCUT2D eigenvalue weighted by atomic mass is 10.1. The standard InChI is InChI=1S/C26H21N3O4/c1-16-12-13-22-21(15-16)28-24(33-22)19-9-4-5-10-20(19)27-23(30)11-6-14-29-25(31)17-7-2-3-8-18(17)26(29)32/h2-5,7-10,12-13,15H,6,11,14H2,1H3,(H,27,30). The number of carbonyl (C=O) groups excluding carboxylic acids is 3. The number of nitrogens with one attached hydrogen (secondary N) is 1. The Bertz CT molecular complexity index is 1370. The van der Waals surface area contributed by atoms with E-state index in [0.717, 1.165) is 11.1 Å². The molecule has 33 heavy (non-hydrogen) atoms. The fourth-order valence-electron chi connectivity index (χ4n) is 3.98. The fraction of sp³-hybridized carbons (Fsp3) is 0.154.